The second-order valence-electron chi connectivity index (χ2n) is 4.30. The van der Waals surface area contributed by atoms with Crippen LogP contribution in [0.3, 0.4) is 0 Å². The van der Waals surface area contributed by atoms with Crippen molar-refractivity contribution in [1.82, 2.24) is 0 Å². The first-order valence-electron chi connectivity index (χ1n) is 6.38. The molecule has 0 fully saturated rings. The molecule has 0 heterocycles. The molecule has 1 rings (SSSR count). The molecule has 1 aromatic carbocycles. The zero-order valence-electron chi connectivity index (χ0n) is 11.4. The molecule has 0 bridgehead atoms. The first-order chi connectivity index (χ1) is 8.17. The van der Waals surface area contributed by atoms with Crippen molar-refractivity contribution in [1.29, 1.82) is 0 Å². The van der Waals surface area contributed by atoms with Gasteiger partial charge in [0.05, 0.1) is 0 Å². The molecule has 0 amide bonds. The van der Waals surface area contributed by atoms with Crippen molar-refractivity contribution in [3.8, 4) is 0 Å². The van der Waals surface area contributed by atoms with Gasteiger partial charge in [-0.2, -0.15) is 0 Å². The predicted octanol–water partition coefficient (Wildman–Crippen LogP) is 4.98. The maximum Gasteiger partial charge on any atom is 0.0386 e. The van der Waals surface area contributed by atoms with Gasteiger partial charge >= 0.3 is 0 Å². The monoisotopic (exact) mass is 229 g/mol. The lowest BCUT2D eigenvalue weighted by Gasteiger charge is -2.09. The number of hydrogen-bond acceptors (Lipinski definition) is 1. The molecule has 0 aliphatic heterocycles. The average molecular weight is 229 g/mol. The summed E-state index contributed by atoms with van der Waals surface area (Å²) in [6, 6.07) is 6.48. The van der Waals surface area contributed by atoms with Crippen LogP contribution in [0.15, 0.2) is 42.1 Å². The molecule has 0 aromatic heterocycles. The standard InChI is InChI=1S/C16H23N/c1-5-7-9-15(8-6-2)17-16-11-10-13(3)14(4)12-16/h7-12,17H,5-6H2,1-4H3/b9-7-,15-8+. The Bertz CT molecular complexity index is 414. The van der Waals surface area contributed by atoms with Gasteiger partial charge in [-0.1, -0.05) is 32.1 Å². The second-order valence-corrected chi connectivity index (χ2v) is 4.30. The molecule has 0 saturated heterocycles. The van der Waals surface area contributed by atoms with E-state index in [4.69, 9.17) is 0 Å². The second kappa shape index (κ2) is 6.95. The number of aryl methyl sites for hydroxylation is 2. The number of rotatable bonds is 5. The molecule has 1 aromatic rings. The van der Waals surface area contributed by atoms with Crippen LogP contribution in [0.2, 0.25) is 0 Å². The van der Waals surface area contributed by atoms with Crippen molar-refractivity contribution in [2.75, 3.05) is 5.32 Å². The van der Waals surface area contributed by atoms with Crippen LogP contribution in [0, 0.1) is 13.8 Å². The van der Waals surface area contributed by atoms with Crippen LogP contribution in [0.5, 0.6) is 0 Å². The van der Waals surface area contributed by atoms with Gasteiger partial charge in [0.25, 0.3) is 0 Å². The molecule has 1 heteroatoms. The van der Waals surface area contributed by atoms with Crippen molar-refractivity contribution in [2.24, 2.45) is 0 Å². The molecule has 0 saturated carbocycles. The van der Waals surface area contributed by atoms with E-state index in [0.29, 0.717) is 0 Å². The van der Waals surface area contributed by atoms with Crippen molar-refractivity contribution < 1.29 is 0 Å². The van der Waals surface area contributed by atoms with Crippen LogP contribution in [-0.4, -0.2) is 0 Å². The summed E-state index contributed by atoms with van der Waals surface area (Å²) in [6.07, 6.45) is 8.65. The molecule has 0 unspecified atom stereocenters. The minimum absolute atomic E-state index is 1.04. The summed E-state index contributed by atoms with van der Waals surface area (Å²) < 4.78 is 0. The van der Waals surface area contributed by atoms with E-state index in [9.17, 15) is 0 Å². The van der Waals surface area contributed by atoms with Crippen LogP contribution in [-0.2, 0) is 0 Å². The Balaban J connectivity index is 2.82. The largest absolute Gasteiger partial charge is 0.356 e. The van der Waals surface area contributed by atoms with Gasteiger partial charge in [0.1, 0.15) is 0 Å². The molecule has 0 radical (unpaired) electrons. The maximum atomic E-state index is 3.46. The van der Waals surface area contributed by atoms with Gasteiger partial charge < -0.3 is 5.32 Å². The Labute approximate surface area is 105 Å². The molecule has 17 heavy (non-hydrogen) atoms. The number of allylic oxidation sites excluding steroid dienone is 3. The highest BCUT2D eigenvalue weighted by Crippen LogP contribution is 2.16. The first kappa shape index (κ1) is 13.6. The zero-order valence-corrected chi connectivity index (χ0v) is 11.4. The number of anilines is 1. The van der Waals surface area contributed by atoms with E-state index in [0.717, 1.165) is 18.5 Å². The van der Waals surface area contributed by atoms with Crippen molar-refractivity contribution in [2.45, 2.75) is 40.5 Å². The van der Waals surface area contributed by atoms with Crippen molar-refractivity contribution >= 4 is 5.69 Å². The Morgan fingerprint density at radius 1 is 1.12 bits per heavy atom. The molecule has 0 aliphatic carbocycles. The first-order valence-corrected chi connectivity index (χ1v) is 6.38. The topological polar surface area (TPSA) is 12.0 Å². The molecular formula is C16H23N. The summed E-state index contributed by atoms with van der Waals surface area (Å²) in [7, 11) is 0. The van der Waals surface area contributed by atoms with Crippen molar-refractivity contribution in [3.05, 3.63) is 53.3 Å². The molecule has 0 spiro atoms. The van der Waals surface area contributed by atoms with Crippen LogP contribution >= 0.6 is 0 Å². The lowest BCUT2D eigenvalue weighted by Crippen LogP contribution is -1.97. The smallest absolute Gasteiger partial charge is 0.0386 e. The number of benzene rings is 1. The van der Waals surface area contributed by atoms with E-state index in [1.807, 2.05) is 0 Å². The zero-order chi connectivity index (χ0) is 12.7. The third-order valence-electron chi connectivity index (χ3n) is 2.75. The summed E-state index contributed by atoms with van der Waals surface area (Å²) >= 11 is 0. The molecule has 0 atom stereocenters. The SMILES string of the molecule is CC/C=C\C(=C/CC)Nc1ccc(C)c(C)c1. The Morgan fingerprint density at radius 3 is 2.47 bits per heavy atom. The third-order valence-corrected chi connectivity index (χ3v) is 2.75. The van der Waals surface area contributed by atoms with E-state index >= 15 is 0 Å². The molecular weight excluding hydrogens is 206 g/mol. The molecule has 0 aliphatic rings. The lowest BCUT2D eigenvalue weighted by atomic mass is 10.1. The normalized spacial score (nSPS) is 12.1. The highest BCUT2D eigenvalue weighted by Gasteiger charge is 1.97. The van der Waals surface area contributed by atoms with Gasteiger partial charge in [-0.25, -0.2) is 0 Å². The molecule has 1 nitrogen and oxygen atoms in total. The number of nitrogens with one attached hydrogen (secondary N) is 1. The van der Waals surface area contributed by atoms with Gasteiger partial charge in [0.2, 0.25) is 0 Å². The molecule has 1 N–H and O–H groups in total. The van der Waals surface area contributed by atoms with Gasteiger partial charge in [-0.3, -0.25) is 0 Å². The van der Waals surface area contributed by atoms with E-state index in [1.165, 1.54) is 16.8 Å². The quantitative estimate of drug-likeness (QED) is 0.702. The number of hydrogen-bond donors (Lipinski definition) is 1. The summed E-state index contributed by atoms with van der Waals surface area (Å²) in [5, 5.41) is 3.46. The summed E-state index contributed by atoms with van der Waals surface area (Å²) in [6.45, 7) is 8.59. The fourth-order valence-corrected chi connectivity index (χ4v) is 1.61. The average Bonchev–Trinajstić information content (AvgIpc) is 2.31. The van der Waals surface area contributed by atoms with Gasteiger partial charge in [-0.05, 0) is 56.0 Å². The van der Waals surface area contributed by atoms with E-state index in [-0.39, 0.29) is 0 Å². The van der Waals surface area contributed by atoms with Crippen LogP contribution in [0.4, 0.5) is 5.69 Å². The summed E-state index contributed by atoms with van der Waals surface area (Å²) in [5.41, 5.74) is 5.00. The fourth-order valence-electron chi connectivity index (χ4n) is 1.61. The minimum Gasteiger partial charge on any atom is -0.356 e. The van der Waals surface area contributed by atoms with Crippen LogP contribution < -0.4 is 5.32 Å². The van der Waals surface area contributed by atoms with E-state index in [1.54, 1.807) is 0 Å². The van der Waals surface area contributed by atoms with E-state index in [2.05, 4.69) is 69.4 Å². The van der Waals surface area contributed by atoms with E-state index < -0.39 is 0 Å². The highest BCUT2D eigenvalue weighted by molar-refractivity contribution is 5.53. The summed E-state index contributed by atoms with van der Waals surface area (Å²) in [4.78, 5) is 0. The van der Waals surface area contributed by atoms with Gasteiger partial charge in [0, 0.05) is 11.4 Å². The fraction of sp³-hybridized carbons (Fsp3) is 0.375. The van der Waals surface area contributed by atoms with Crippen LogP contribution in [0.25, 0.3) is 0 Å². The Hall–Kier alpha value is -1.50. The van der Waals surface area contributed by atoms with Crippen LogP contribution in [0.1, 0.15) is 37.8 Å². The van der Waals surface area contributed by atoms with Crippen molar-refractivity contribution in [3.63, 3.8) is 0 Å². The highest BCUT2D eigenvalue weighted by atomic mass is 14.9. The maximum absolute atomic E-state index is 3.46. The predicted molar refractivity (Wildman–Crippen MR) is 77.3 cm³/mol. The van der Waals surface area contributed by atoms with Gasteiger partial charge in [-0.15, -0.1) is 0 Å². The minimum atomic E-state index is 1.04. The Kier molecular flexibility index (Phi) is 5.55. The van der Waals surface area contributed by atoms with Gasteiger partial charge in [0.15, 0.2) is 0 Å². The summed E-state index contributed by atoms with van der Waals surface area (Å²) in [5.74, 6) is 0. The Morgan fingerprint density at radius 2 is 1.88 bits per heavy atom. The lowest BCUT2D eigenvalue weighted by molar-refractivity contribution is 1.18. The molecule has 92 valence electrons. The third kappa shape index (κ3) is 4.48.